The Bertz CT molecular complexity index is 643. The molecule has 1 aromatic heterocycles. The zero-order chi connectivity index (χ0) is 16.1. The van der Waals surface area contributed by atoms with Gasteiger partial charge in [0.1, 0.15) is 0 Å². The number of carbonyl (C=O) groups is 1. The maximum absolute atomic E-state index is 12.4. The Morgan fingerprint density at radius 2 is 2.00 bits per heavy atom. The molecular weight excluding hydrogens is 290 g/mol. The smallest absolute Gasteiger partial charge is 0.227 e. The van der Waals surface area contributed by atoms with E-state index in [1.807, 2.05) is 24.3 Å². The molecule has 2 aromatic rings. The number of rotatable bonds is 4. The number of nitrogens with one attached hydrogen (secondary N) is 1. The van der Waals surface area contributed by atoms with Crippen LogP contribution >= 0.6 is 0 Å². The van der Waals surface area contributed by atoms with Gasteiger partial charge in [-0.25, -0.2) is 9.97 Å². The number of carbonyl (C=O) groups excluding carboxylic acids is 1. The molecule has 3 rings (SSSR count). The van der Waals surface area contributed by atoms with Crippen LogP contribution in [0.25, 0.3) is 11.4 Å². The second-order valence-corrected chi connectivity index (χ2v) is 5.76. The third kappa shape index (κ3) is 3.93. The summed E-state index contributed by atoms with van der Waals surface area (Å²) in [6, 6.07) is 9.41. The Labute approximate surface area is 136 Å². The van der Waals surface area contributed by atoms with E-state index in [2.05, 4.69) is 22.2 Å². The molecule has 120 valence electrons. The van der Waals surface area contributed by atoms with E-state index in [0.717, 1.165) is 30.5 Å². The van der Waals surface area contributed by atoms with Crippen molar-refractivity contribution >= 4 is 11.6 Å². The Balaban J connectivity index is 1.63. The minimum absolute atomic E-state index is 0.0332. The third-order valence-corrected chi connectivity index (χ3v) is 4.17. The highest BCUT2D eigenvalue weighted by Gasteiger charge is 2.26. The van der Waals surface area contributed by atoms with Crippen molar-refractivity contribution in [3.05, 3.63) is 42.7 Å². The molecule has 1 fully saturated rings. The van der Waals surface area contributed by atoms with Crippen molar-refractivity contribution < 1.29 is 9.53 Å². The van der Waals surface area contributed by atoms with Crippen molar-refractivity contribution in [3.8, 4) is 11.4 Å². The van der Waals surface area contributed by atoms with Gasteiger partial charge in [0.05, 0.1) is 6.10 Å². The molecule has 0 saturated carbocycles. The van der Waals surface area contributed by atoms with E-state index in [-0.39, 0.29) is 17.9 Å². The first-order valence-corrected chi connectivity index (χ1v) is 8.06. The maximum Gasteiger partial charge on any atom is 0.227 e. The minimum Gasteiger partial charge on any atom is -0.378 e. The van der Waals surface area contributed by atoms with Crippen molar-refractivity contribution in [2.24, 2.45) is 5.92 Å². The van der Waals surface area contributed by atoms with Gasteiger partial charge in [-0.1, -0.05) is 6.92 Å². The average molecular weight is 311 g/mol. The summed E-state index contributed by atoms with van der Waals surface area (Å²) >= 11 is 0. The standard InChI is InChI=1S/C18H21N3O2/c1-2-16-12-14(8-11-23-16)18(22)21-15-6-4-13(5-7-15)17-19-9-3-10-20-17/h3-7,9-10,14,16H,2,8,11-12H2,1H3,(H,21,22). The molecule has 2 heterocycles. The van der Waals surface area contributed by atoms with Crippen LogP contribution in [0.1, 0.15) is 26.2 Å². The number of hydrogen-bond acceptors (Lipinski definition) is 4. The van der Waals surface area contributed by atoms with E-state index in [0.29, 0.717) is 12.4 Å². The molecule has 23 heavy (non-hydrogen) atoms. The number of benzene rings is 1. The summed E-state index contributed by atoms with van der Waals surface area (Å²) in [5, 5.41) is 3.00. The van der Waals surface area contributed by atoms with Crippen molar-refractivity contribution in [2.75, 3.05) is 11.9 Å². The first kappa shape index (κ1) is 15.6. The van der Waals surface area contributed by atoms with Gasteiger partial charge < -0.3 is 10.1 Å². The van der Waals surface area contributed by atoms with Crippen LogP contribution in [0.15, 0.2) is 42.7 Å². The van der Waals surface area contributed by atoms with Crippen LogP contribution < -0.4 is 5.32 Å². The van der Waals surface area contributed by atoms with Crippen molar-refractivity contribution in [1.29, 1.82) is 0 Å². The lowest BCUT2D eigenvalue weighted by atomic mass is 9.93. The van der Waals surface area contributed by atoms with E-state index in [4.69, 9.17) is 4.74 Å². The first-order chi connectivity index (χ1) is 11.3. The minimum atomic E-state index is 0.0332. The number of aromatic nitrogens is 2. The molecule has 5 nitrogen and oxygen atoms in total. The largest absolute Gasteiger partial charge is 0.378 e. The molecule has 0 radical (unpaired) electrons. The first-order valence-electron chi connectivity index (χ1n) is 8.06. The summed E-state index contributed by atoms with van der Waals surface area (Å²) < 4.78 is 5.63. The van der Waals surface area contributed by atoms with Gasteiger partial charge in [-0.3, -0.25) is 4.79 Å². The van der Waals surface area contributed by atoms with E-state index in [1.165, 1.54) is 0 Å². The summed E-state index contributed by atoms with van der Waals surface area (Å²) in [5.41, 5.74) is 1.73. The van der Waals surface area contributed by atoms with Crippen LogP contribution in [0.3, 0.4) is 0 Å². The summed E-state index contributed by atoms with van der Waals surface area (Å²) in [5.74, 6) is 0.793. The molecule has 0 bridgehead atoms. The van der Waals surface area contributed by atoms with Crippen LogP contribution in [0.5, 0.6) is 0 Å². The van der Waals surface area contributed by atoms with Crippen LogP contribution in [-0.2, 0) is 9.53 Å². The van der Waals surface area contributed by atoms with Gasteiger partial charge in [-0.05, 0) is 49.6 Å². The van der Waals surface area contributed by atoms with Crippen LogP contribution in [0, 0.1) is 5.92 Å². The highest BCUT2D eigenvalue weighted by Crippen LogP contribution is 2.24. The Morgan fingerprint density at radius 3 is 2.70 bits per heavy atom. The molecule has 2 atom stereocenters. The number of amides is 1. The molecule has 1 amide bonds. The molecule has 0 spiro atoms. The van der Waals surface area contributed by atoms with Gasteiger partial charge >= 0.3 is 0 Å². The molecule has 1 aliphatic heterocycles. The molecule has 2 unspecified atom stereocenters. The monoisotopic (exact) mass is 311 g/mol. The second kappa shape index (κ2) is 7.33. The highest BCUT2D eigenvalue weighted by atomic mass is 16.5. The molecule has 0 aliphatic carbocycles. The maximum atomic E-state index is 12.4. The zero-order valence-electron chi connectivity index (χ0n) is 13.2. The van der Waals surface area contributed by atoms with E-state index < -0.39 is 0 Å². The van der Waals surface area contributed by atoms with Gasteiger partial charge in [0.25, 0.3) is 0 Å². The fourth-order valence-electron chi connectivity index (χ4n) is 2.80. The Kier molecular flexibility index (Phi) is 4.98. The molecule has 1 N–H and O–H groups in total. The summed E-state index contributed by atoms with van der Waals surface area (Å²) in [4.78, 5) is 20.8. The summed E-state index contributed by atoms with van der Waals surface area (Å²) in [7, 11) is 0. The topological polar surface area (TPSA) is 64.1 Å². The van der Waals surface area contributed by atoms with Gasteiger partial charge in [0.15, 0.2) is 5.82 Å². The van der Waals surface area contributed by atoms with Crippen LogP contribution in [-0.4, -0.2) is 28.6 Å². The molecule has 1 aromatic carbocycles. The molecular formula is C18H21N3O2. The van der Waals surface area contributed by atoms with Crippen molar-refractivity contribution in [3.63, 3.8) is 0 Å². The van der Waals surface area contributed by atoms with Crippen LogP contribution in [0.2, 0.25) is 0 Å². The van der Waals surface area contributed by atoms with Gasteiger partial charge in [-0.15, -0.1) is 0 Å². The Morgan fingerprint density at radius 1 is 1.26 bits per heavy atom. The summed E-state index contributed by atoms with van der Waals surface area (Å²) in [6.07, 6.45) is 6.18. The van der Waals surface area contributed by atoms with Crippen LogP contribution in [0.4, 0.5) is 5.69 Å². The van der Waals surface area contributed by atoms with E-state index >= 15 is 0 Å². The third-order valence-electron chi connectivity index (χ3n) is 4.17. The van der Waals surface area contributed by atoms with Gasteiger partial charge in [0, 0.05) is 36.2 Å². The molecule has 1 saturated heterocycles. The number of hydrogen-bond donors (Lipinski definition) is 1. The Hall–Kier alpha value is -2.27. The van der Waals surface area contributed by atoms with Gasteiger partial charge in [0.2, 0.25) is 5.91 Å². The number of nitrogens with zero attached hydrogens (tertiary/aromatic N) is 2. The zero-order valence-corrected chi connectivity index (χ0v) is 13.2. The quantitative estimate of drug-likeness (QED) is 0.941. The predicted octanol–water partition coefficient (Wildman–Crippen LogP) is 3.29. The second-order valence-electron chi connectivity index (χ2n) is 5.76. The lowest BCUT2D eigenvalue weighted by molar-refractivity contribution is -0.124. The fourth-order valence-corrected chi connectivity index (χ4v) is 2.80. The molecule has 1 aliphatic rings. The van der Waals surface area contributed by atoms with E-state index in [9.17, 15) is 4.79 Å². The van der Waals surface area contributed by atoms with Crippen molar-refractivity contribution in [1.82, 2.24) is 9.97 Å². The number of ether oxygens (including phenoxy) is 1. The van der Waals surface area contributed by atoms with E-state index in [1.54, 1.807) is 18.5 Å². The average Bonchev–Trinajstić information content (AvgIpc) is 2.63. The fraction of sp³-hybridized carbons (Fsp3) is 0.389. The number of anilines is 1. The van der Waals surface area contributed by atoms with Crippen molar-refractivity contribution in [2.45, 2.75) is 32.3 Å². The SMILES string of the molecule is CCC1CC(C(=O)Nc2ccc(-c3ncccn3)cc2)CCO1. The summed E-state index contributed by atoms with van der Waals surface area (Å²) in [6.45, 7) is 2.76. The predicted molar refractivity (Wildman–Crippen MR) is 88.9 cm³/mol. The highest BCUT2D eigenvalue weighted by molar-refractivity contribution is 5.92. The lowest BCUT2D eigenvalue weighted by Crippen LogP contribution is -2.33. The normalized spacial score (nSPS) is 20.9. The lowest BCUT2D eigenvalue weighted by Gasteiger charge is -2.28. The molecule has 5 heteroatoms. The van der Waals surface area contributed by atoms with Gasteiger partial charge in [-0.2, -0.15) is 0 Å².